The molecule has 0 atom stereocenters. The van der Waals surface area contributed by atoms with Crippen LogP contribution in [0.4, 0.5) is 0 Å². The Morgan fingerprint density at radius 2 is 0.944 bits per heavy atom. The summed E-state index contributed by atoms with van der Waals surface area (Å²) in [4.78, 5) is 0. The minimum absolute atomic E-state index is 0.921. The van der Waals surface area contributed by atoms with Gasteiger partial charge in [0.25, 0.3) is 0 Å². The van der Waals surface area contributed by atoms with Crippen molar-refractivity contribution in [2.24, 2.45) is 0 Å². The maximum absolute atomic E-state index is 3.29. The van der Waals surface area contributed by atoms with Crippen molar-refractivity contribution < 1.29 is 0 Å². The van der Waals surface area contributed by atoms with Crippen LogP contribution < -0.4 is 0 Å². The van der Waals surface area contributed by atoms with Crippen LogP contribution in [0.2, 0.25) is 51.4 Å². The lowest BCUT2D eigenvalue weighted by molar-refractivity contribution is 1.05. The Bertz CT molecular complexity index is 302. The fraction of sp³-hybridized carbons (Fsp3) is 0.625. The molecule has 0 spiro atoms. The molecule has 0 amide bonds. The minimum Gasteiger partial charge on any atom is -0.130 e. The molecule has 0 unspecified atom stereocenters. The summed E-state index contributed by atoms with van der Waals surface area (Å²) in [6.07, 6.45) is 10.9. The van der Waals surface area contributed by atoms with Crippen LogP contribution in [-0.4, -0.2) is 16.1 Å². The van der Waals surface area contributed by atoms with Crippen LogP contribution in [0.25, 0.3) is 0 Å². The monoisotopic (exact) mass is 278 g/mol. The Kier molecular flexibility index (Phi) is 8.30. The summed E-state index contributed by atoms with van der Waals surface area (Å²) in [6.45, 7) is 14.3. The van der Waals surface area contributed by atoms with Gasteiger partial charge in [0.05, 0.1) is 0 Å². The Morgan fingerprint density at radius 1 is 0.611 bits per heavy atom. The molecule has 0 fully saturated rings. The first kappa shape index (κ1) is 17.5. The average molecular weight is 279 g/mol. The molecular weight excluding hydrogens is 248 g/mol. The molecule has 2 heteroatoms. The minimum atomic E-state index is -0.921. The molecular formula is C16H30Si2. The zero-order valence-corrected chi connectivity index (χ0v) is 15.1. The number of allylic oxidation sites excluding steroid dienone is 2. The van der Waals surface area contributed by atoms with E-state index in [0.29, 0.717) is 0 Å². The largest absolute Gasteiger partial charge is 0.130 e. The highest BCUT2D eigenvalue weighted by atomic mass is 28.3. The van der Waals surface area contributed by atoms with Crippen molar-refractivity contribution >= 4 is 16.1 Å². The van der Waals surface area contributed by atoms with Crippen molar-refractivity contribution in [2.75, 3.05) is 0 Å². The van der Waals surface area contributed by atoms with Gasteiger partial charge in [0.1, 0.15) is 0 Å². The summed E-state index contributed by atoms with van der Waals surface area (Å²) in [5, 5.41) is 0. The lowest BCUT2D eigenvalue weighted by atomic mass is 10.3. The van der Waals surface area contributed by atoms with Gasteiger partial charge < -0.3 is 0 Å². The van der Waals surface area contributed by atoms with E-state index in [0.717, 1.165) is 12.8 Å². The maximum Gasteiger partial charge on any atom is 0.0487 e. The van der Waals surface area contributed by atoms with E-state index in [1.807, 2.05) is 0 Å². The highest BCUT2D eigenvalue weighted by Gasteiger charge is 2.09. The van der Waals surface area contributed by atoms with Crippen LogP contribution in [0.15, 0.2) is 35.8 Å². The molecule has 0 aromatic carbocycles. The van der Waals surface area contributed by atoms with Gasteiger partial charge in [-0.1, -0.05) is 39.3 Å². The van der Waals surface area contributed by atoms with Gasteiger partial charge in [0.2, 0.25) is 0 Å². The van der Waals surface area contributed by atoms with E-state index in [-0.39, 0.29) is 0 Å². The highest BCUT2D eigenvalue weighted by Crippen LogP contribution is 2.08. The highest BCUT2D eigenvalue weighted by molar-refractivity contribution is 6.76. The summed E-state index contributed by atoms with van der Waals surface area (Å²) >= 11 is 0. The second-order valence-corrected chi connectivity index (χ2v) is 18.3. The third kappa shape index (κ3) is 15.5. The van der Waals surface area contributed by atoms with Crippen LogP contribution in [0.5, 0.6) is 0 Å². The summed E-state index contributed by atoms with van der Waals surface area (Å²) in [6, 6.07) is 2.46. The third-order valence-corrected chi connectivity index (χ3v) is 5.21. The number of unbranched alkanes of at least 4 members (excludes halogenated alkanes) is 1. The molecule has 0 saturated carbocycles. The Hall–Kier alpha value is -0.526. The molecule has 0 heterocycles. The van der Waals surface area contributed by atoms with E-state index in [4.69, 9.17) is 0 Å². The first-order valence-corrected chi connectivity index (χ1v) is 14.4. The van der Waals surface area contributed by atoms with Crippen molar-refractivity contribution in [1.82, 2.24) is 0 Å². The molecule has 0 N–H and O–H groups in total. The number of hydrogen-bond acceptors (Lipinski definition) is 0. The van der Waals surface area contributed by atoms with E-state index >= 15 is 0 Å². The predicted octanol–water partition coefficient (Wildman–Crippen LogP) is 5.87. The normalized spacial score (nSPS) is 11.2. The maximum atomic E-state index is 3.29. The smallest absolute Gasteiger partial charge is 0.0487 e. The molecule has 0 aromatic rings. The molecule has 18 heavy (non-hydrogen) atoms. The van der Waals surface area contributed by atoms with Crippen LogP contribution >= 0.6 is 0 Å². The summed E-state index contributed by atoms with van der Waals surface area (Å²) in [5.74, 6) is 0. The van der Waals surface area contributed by atoms with Crippen molar-refractivity contribution in [3.05, 3.63) is 35.8 Å². The Morgan fingerprint density at radius 3 is 1.22 bits per heavy atom. The summed E-state index contributed by atoms with van der Waals surface area (Å²) < 4.78 is 0. The molecule has 102 valence electrons. The lowest BCUT2D eigenvalue weighted by Crippen LogP contribution is -2.17. The van der Waals surface area contributed by atoms with Crippen molar-refractivity contribution in [1.29, 1.82) is 0 Å². The zero-order chi connectivity index (χ0) is 14.1. The van der Waals surface area contributed by atoms with E-state index in [1.54, 1.807) is 0 Å². The molecule has 0 radical (unpaired) electrons. The van der Waals surface area contributed by atoms with Gasteiger partial charge in [-0.25, -0.2) is 0 Å². The van der Waals surface area contributed by atoms with E-state index in [2.05, 4.69) is 75.0 Å². The van der Waals surface area contributed by atoms with Crippen molar-refractivity contribution in [2.45, 2.75) is 64.2 Å². The summed E-state index contributed by atoms with van der Waals surface area (Å²) in [7, 11) is -1.84. The number of rotatable bonds is 7. The van der Waals surface area contributed by atoms with E-state index in [1.165, 1.54) is 12.1 Å². The second kappa shape index (κ2) is 8.55. The van der Waals surface area contributed by atoms with E-state index < -0.39 is 16.1 Å². The van der Waals surface area contributed by atoms with Gasteiger partial charge in [0.15, 0.2) is 0 Å². The Balaban J connectivity index is 3.80. The first-order chi connectivity index (χ1) is 8.21. The molecule has 0 bridgehead atoms. The molecule has 0 aliphatic rings. The van der Waals surface area contributed by atoms with Crippen LogP contribution in [0.1, 0.15) is 12.8 Å². The van der Waals surface area contributed by atoms with Gasteiger partial charge in [0, 0.05) is 16.1 Å². The fourth-order valence-electron chi connectivity index (χ4n) is 1.23. The quantitative estimate of drug-likeness (QED) is 0.310. The topological polar surface area (TPSA) is 0 Å². The van der Waals surface area contributed by atoms with Gasteiger partial charge in [-0.2, -0.15) is 0 Å². The van der Waals surface area contributed by atoms with Gasteiger partial charge in [-0.15, -0.1) is 11.5 Å². The third-order valence-electron chi connectivity index (χ3n) is 2.36. The average Bonchev–Trinajstić information content (AvgIpc) is 2.17. The van der Waals surface area contributed by atoms with Gasteiger partial charge in [-0.05, 0) is 49.2 Å². The number of hydrogen-bond donors (Lipinski definition) is 0. The van der Waals surface area contributed by atoms with E-state index in [9.17, 15) is 0 Å². The second-order valence-electron chi connectivity index (χ2n) is 7.26. The van der Waals surface area contributed by atoms with Crippen LogP contribution in [-0.2, 0) is 0 Å². The molecule has 0 rings (SSSR count). The molecule has 0 aliphatic carbocycles. The van der Waals surface area contributed by atoms with Crippen LogP contribution in [0, 0.1) is 0 Å². The Labute approximate surface area is 116 Å². The predicted molar refractivity (Wildman–Crippen MR) is 90.8 cm³/mol. The van der Waals surface area contributed by atoms with Crippen molar-refractivity contribution in [3.8, 4) is 0 Å². The molecule has 0 aliphatic heterocycles. The molecule has 0 nitrogen and oxygen atoms in total. The lowest BCUT2D eigenvalue weighted by Gasteiger charge is -2.10. The molecule has 0 aromatic heterocycles. The van der Waals surface area contributed by atoms with Crippen LogP contribution in [0.3, 0.4) is 0 Å². The van der Waals surface area contributed by atoms with Gasteiger partial charge >= 0.3 is 0 Å². The standard InChI is InChI=1S/C16H30Si2/c1-17(2,3)15-13-11-9-7-8-10-12-14-16-18(4,5)6/h9-10,13-14H,7-8,15-16H2,1-6H3. The van der Waals surface area contributed by atoms with Gasteiger partial charge in [-0.3, -0.25) is 0 Å². The summed E-state index contributed by atoms with van der Waals surface area (Å²) in [5.41, 5.74) is 6.58. The zero-order valence-electron chi connectivity index (χ0n) is 13.1. The van der Waals surface area contributed by atoms with Crippen molar-refractivity contribution in [3.63, 3.8) is 0 Å². The fourth-order valence-corrected chi connectivity index (χ4v) is 2.69. The first-order valence-electron chi connectivity index (χ1n) is 6.99. The molecule has 0 saturated heterocycles. The SMILES string of the molecule is C[Si](C)(C)CC=C=CCCC=C=CC[Si](C)(C)C.